The molecule has 4 atom stereocenters. The maximum Gasteiger partial charge on any atom is 0.303 e. The Morgan fingerprint density at radius 2 is 1.30 bits per heavy atom. The molecule has 0 saturated heterocycles. The molecule has 264 valence electrons. The third-order valence-electron chi connectivity index (χ3n) is 9.26. The van der Waals surface area contributed by atoms with Crippen molar-refractivity contribution in [2.24, 2.45) is 0 Å². The van der Waals surface area contributed by atoms with Gasteiger partial charge in [-0.15, -0.1) is 0 Å². The van der Waals surface area contributed by atoms with Crippen LogP contribution in [0.3, 0.4) is 0 Å². The maximum atomic E-state index is 12.5. The van der Waals surface area contributed by atoms with Crippen LogP contribution in [0.1, 0.15) is 59.3 Å². The van der Waals surface area contributed by atoms with Gasteiger partial charge in [-0.05, 0) is 42.3 Å². The number of hydrogen-bond acceptors (Lipinski definition) is 11. The molecule has 0 fully saturated rings. The second kappa shape index (κ2) is 14.6. The van der Waals surface area contributed by atoms with Crippen LogP contribution in [0.5, 0.6) is 51.7 Å². The molecule has 0 unspecified atom stereocenters. The average molecular weight is 687 g/mol. The van der Waals surface area contributed by atoms with Crippen LogP contribution < -0.4 is 42.6 Å². The summed E-state index contributed by atoms with van der Waals surface area (Å²) in [7, 11) is 11.1. The Hall–Kier alpha value is -5.45. The molecule has 0 spiro atoms. The second-order valence-electron chi connectivity index (χ2n) is 11.9. The minimum absolute atomic E-state index is 0.253. The number of fused-ring (bicyclic) bond motifs is 2. The van der Waals surface area contributed by atoms with Gasteiger partial charge >= 0.3 is 5.97 Å². The summed E-state index contributed by atoms with van der Waals surface area (Å²) in [5.41, 5.74) is 4.15. The Balaban J connectivity index is 1.55. The monoisotopic (exact) mass is 686 g/mol. The molecule has 6 rings (SSSR count). The van der Waals surface area contributed by atoms with Crippen LogP contribution >= 0.6 is 0 Å². The summed E-state index contributed by atoms with van der Waals surface area (Å²) in [5.74, 6) is 4.43. The Kier molecular flexibility index (Phi) is 10.0. The van der Waals surface area contributed by atoms with Crippen molar-refractivity contribution >= 4 is 5.97 Å². The van der Waals surface area contributed by atoms with Gasteiger partial charge in [0.2, 0.25) is 5.75 Å². The molecule has 2 aliphatic heterocycles. The molecule has 2 aliphatic rings. The number of hydrogen-bond donors (Lipinski definition) is 0. The van der Waals surface area contributed by atoms with Gasteiger partial charge in [0.25, 0.3) is 0 Å². The molecule has 0 aliphatic carbocycles. The van der Waals surface area contributed by atoms with E-state index in [2.05, 4.69) is 0 Å². The number of carbonyl (C=O) groups is 1. The zero-order valence-corrected chi connectivity index (χ0v) is 29.5. The number of ether oxygens (including phenoxy) is 10. The fourth-order valence-electron chi connectivity index (χ4n) is 6.93. The van der Waals surface area contributed by atoms with Crippen LogP contribution in [0.15, 0.2) is 60.7 Å². The Morgan fingerprint density at radius 3 is 1.88 bits per heavy atom. The van der Waals surface area contributed by atoms with E-state index >= 15 is 0 Å². The number of carbonyl (C=O) groups excluding carboxylic acids is 1. The maximum absolute atomic E-state index is 12.5. The van der Waals surface area contributed by atoms with Gasteiger partial charge in [-0.25, -0.2) is 0 Å². The Labute approximate surface area is 291 Å². The summed E-state index contributed by atoms with van der Waals surface area (Å²) < 4.78 is 59.5. The molecule has 0 aromatic heterocycles. The summed E-state index contributed by atoms with van der Waals surface area (Å²) in [4.78, 5) is 12.5. The third kappa shape index (κ3) is 6.35. The Morgan fingerprint density at radius 1 is 0.660 bits per heavy atom. The van der Waals surface area contributed by atoms with Crippen LogP contribution in [0.4, 0.5) is 0 Å². The molecule has 0 radical (unpaired) electrons. The molecule has 0 N–H and O–H groups in total. The molecule has 50 heavy (non-hydrogen) atoms. The van der Waals surface area contributed by atoms with Crippen LogP contribution in [0.2, 0.25) is 0 Å². The van der Waals surface area contributed by atoms with Gasteiger partial charge in [0.15, 0.2) is 17.6 Å². The molecule has 4 aromatic carbocycles. The second-order valence-corrected chi connectivity index (χ2v) is 11.9. The molecular formula is C39H42O11. The van der Waals surface area contributed by atoms with Gasteiger partial charge in [0.05, 0.1) is 49.8 Å². The molecule has 0 saturated carbocycles. The van der Waals surface area contributed by atoms with Gasteiger partial charge in [-0.3, -0.25) is 4.79 Å². The van der Waals surface area contributed by atoms with Gasteiger partial charge in [-0.1, -0.05) is 18.2 Å². The first-order chi connectivity index (χ1) is 24.3. The van der Waals surface area contributed by atoms with Crippen LogP contribution in [0.25, 0.3) is 0 Å². The van der Waals surface area contributed by atoms with Gasteiger partial charge in [-0.2, -0.15) is 0 Å². The van der Waals surface area contributed by atoms with Gasteiger partial charge in [0.1, 0.15) is 46.7 Å². The van der Waals surface area contributed by atoms with Crippen molar-refractivity contribution in [2.45, 2.75) is 44.0 Å². The molecule has 0 amide bonds. The van der Waals surface area contributed by atoms with E-state index in [-0.39, 0.29) is 12.0 Å². The Bertz CT molecular complexity index is 1830. The standard InChI is InChI=1S/C39H42O11/c1-21(40)48-35-19-28-30(43-4)20-32(44-5)36(38(28)50-37(35)23-15-33(45-6)39(47-8)34(16-23)46-7)27-18-29(22-9-11-24(41-2)12-10-22)49-31-17-25(42-3)13-14-26(27)31/h9-17,20,27,29,35,37H,18-19H2,1-8H3/t27-,29+,35-,37-/m1/s1. The summed E-state index contributed by atoms with van der Waals surface area (Å²) in [6.45, 7) is 1.38. The number of benzene rings is 4. The summed E-state index contributed by atoms with van der Waals surface area (Å²) >= 11 is 0. The highest BCUT2D eigenvalue weighted by Crippen LogP contribution is 2.56. The summed E-state index contributed by atoms with van der Waals surface area (Å²) in [5, 5.41) is 0. The lowest BCUT2D eigenvalue weighted by Crippen LogP contribution is -2.35. The highest BCUT2D eigenvalue weighted by molar-refractivity contribution is 5.68. The minimum atomic E-state index is -0.761. The molecule has 4 aromatic rings. The zero-order valence-electron chi connectivity index (χ0n) is 29.5. The quantitative estimate of drug-likeness (QED) is 0.152. The van der Waals surface area contributed by atoms with Crippen molar-refractivity contribution in [1.29, 1.82) is 0 Å². The van der Waals surface area contributed by atoms with Gasteiger partial charge < -0.3 is 47.4 Å². The molecule has 11 heteroatoms. The fraction of sp³-hybridized carbons (Fsp3) is 0.359. The van der Waals surface area contributed by atoms with E-state index in [4.69, 9.17) is 47.4 Å². The predicted molar refractivity (Wildman–Crippen MR) is 184 cm³/mol. The fourth-order valence-corrected chi connectivity index (χ4v) is 6.93. The number of rotatable bonds is 11. The number of methoxy groups -OCH3 is 7. The first-order valence-corrected chi connectivity index (χ1v) is 16.2. The van der Waals surface area contributed by atoms with Crippen molar-refractivity contribution in [2.75, 3.05) is 49.8 Å². The van der Waals surface area contributed by atoms with Crippen molar-refractivity contribution in [3.05, 3.63) is 88.5 Å². The van der Waals surface area contributed by atoms with Crippen LogP contribution in [-0.2, 0) is 16.0 Å². The van der Waals surface area contributed by atoms with Crippen molar-refractivity contribution in [1.82, 2.24) is 0 Å². The molecule has 11 nitrogen and oxygen atoms in total. The smallest absolute Gasteiger partial charge is 0.303 e. The van der Waals surface area contributed by atoms with Crippen LogP contribution in [-0.4, -0.2) is 61.8 Å². The third-order valence-corrected chi connectivity index (χ3v) is 9.26. The van der Waals surface area contributed by atoms with Crippen LogP contribution in [0, 0.1) is 0 Å². The van der Waals surface area contributed by atoms with E-state index in [0.29, 0.717) is 64.4 Å². The topological polar surface area (TPSA) is 109 Å². The first-order valence-electron chi connectivity index (χ1n) is 16.2. The van der Waals surface area contributed by atoms with Crippen molar-refractivity contribution in [3.8, 4) is 51.7 Å². The lowest BCUT2D eigenvalue weighted by molar-refractivity contribution is -0.152. The highest BCUT2D eigenvalue weighted by Gasteiger charge is 2.42. The van der Waals surface area contributed by atoms with Crippen molar-refractivity contribution in [3.63, 3.8) is 0 Å². The van der Waals surface area contributed by atoms with E-state index in [1.54, 1.807) is 61.9 Å². The summed E-state index contributed by atoms with van der Waals surface area (Å²) in [6, 6.07) is 19.2. The van der Waals surface area contributed by atoms with Gasteiger partial charge in [0, 0.05) is 53.6 Å². The minimum Gasteiger partial charge on any atom is -0.497 e. The van der Waals surface area contributed by atoms with E-state index in [1.807, 2.05) is 48.5 Å². The normalized spacial score (nSPS) is 19.0. The van der Waals surface area contributed by atoms with E-state index in [9.17, 15) is 4.79 Å². The first kappa shape index (κ1) is 34.4. The zero-order chi connectivity index (χ0) is 35.5. The van der Waals surface area contributed by atoms with Crippen molar-refractivity contribution < 1.29 is 52.2 Å². The molecule has 2 heterocycles. The lowest BCUT2D eigenvalue weighted by atomic mass is 9.79. The predicted octanol–water partition coefficient (Wildman–Crippen LogP) is 7.01. The highest BCUT2D eigenvalue weighted by atomic mass is 16.6. The summed E-state index contributed by atoms with van der Waals surface area (Å²) in [6.07, 6.45) is -0.931. The average Bonchev–Trinajstić information content (AvgIpc) is 3.15. The largest absolute Gasteiger partial charge is 0.497 e. The molecular weight excluding hydrogens is 644 g/mol. The van der Waals surface area contributed by atoms with E-state index in [0.717, 1.165) is 28.0 Å². The SMILES string of the molecule is COc1ccc([C@@H]2C[C@@H](c3c(OC)cc(OC)c4c3O[C@H](c3cc(OC)c(OC)c(OC)c3)[C@H](OC(C)=O)C4)c3ccc(OC)cc3O2)cc1. The van der Waals surface area contributed by atoms with E-state index < -0.39 is 18.2 Å². The lowest BCUT2D eigenvalue weighted by Gasteiger charge is -2.39. The number of esters is 1. The van der Waals surface area contributed by atoms with E-state index in [1.165, 1.54) is 6.92 Å². The molecule has 0 bridgehead atoms.